The van der Waals surface area contributed by atoms with E-state index in [1.165, 1.54) is 7.11 Å². The van der Waals surface area contributed by atoms with Gasteiger partial charge < -0.3 is 10.1 Å². The maximum absolute atomic E-state index is 13.3. The summed E-state index contributed by atoms with van der Waals surface area (Å²) in [6.45, 7) is 0. The van der Waals surface area contributed by atoms with Crippen LogP contribution in [0, 0.1) is 0 Å². The topological polar surface area (TPSA) is 72.5 Å². The van der Waals surface area contributed by atoms with Gasteiger partial charge in [0.2, 0.25) is 0 Å². The fourth-order valence-electron chi connectivity index (χ4n) is 2.45. The summed E-state index contributed by atoms with van der Waals surface area (Å²) < 4.78 is 42.8. The highest BCUT2D eigenvalue weighted by atomic mass is 32.2. The predicted molar refractivity (Wildman–Crippen MR) is 97.5 cm³/mol. The van der Waals surface area contributed by atoms with Crippen molar-refractivity contribution < 1.29 is 22.3 Å². The van der Waals surface area contributed by atoms with Gasteiger partial charge in [-0.05, 0) is 11.1 Å². The second kappa shape index (κ2) is 9.15. The highest BCUT2D eigenvalue weighted by Crippen LogP contribution is 2.17. The van der Waals surface area contributed by atoms with E-state index in [-0.39, 0.29) is 17.8 Å². The molecule has 0 fully saturated rings. The molecule has 2 aromatic carbocycles. The minimum Gasteiger partial charge on any atom is -0.467 e. The third-order valence-electron chi connectivity index (χ3n) is 3.64. The molecule has 0 bridgehead atoms. The highest BCUT2D eigenvalue weighted by molar-refractivity contribution is 7.90. The van der Waals surface area contributed by atoms with Crippen molar-refractivity contribution in [1.29, 1.82) is 0 Å². The van der Waals surface area contributed by atoms with Gasteiger partial charge in [-0.15, -0.1) is 0 Å². The number of methoxy groups -OCH3 is 1. The molecular formula is C19H20FNO4S. The van der Waals surface area contributed by atoms with Gasteiger partial charge in [-0.3, -0.25) is 0 Å². The van der Waals surface area contributed by atoms with Crippen molar-refractivity contribution >= 4 is 15.8 Å². The molecule has 2 aromatic rings. The number of halogens is 1. The first-order valence-electron chi connectivity index (χ1n) is 7.88. The third kappa shape index (κ3) is 5.70. The molecule has 5 nitrogen and oxygen atoms in total. The Morgan fingerprint density at radius 2 is 1.69 bits per heavy atom. The van der Waals surface area contributed by atoms with Gasteiger partial charge in [-0.25, -0.2) is 17.6 Å². The molecular weight excluding hydrogens is 357 g/mol. The van der Waals surface area contributed by atoms with E-state index in [1.807, 2.05) is 0 Å². The van der Waals surface area contributed by atoms with Crippen LogP contribution in [-0.2, 0) is 25.1 Å². The minimum absolute atomic E-state index is 0.168. The first kappa shape index (κ1) is 19.7. The summed E-state index contributed by atoms with van der Waals surface area (Å²) in [5, 5.41) is 2.65. The molecule has 1 atom stereocenters. The summed E-state index contributed by atoms with van der Waals surface area (Å²) in [5.74, 6) is -1.42. The molecule has 0 saturated carbocycles. The lowest BCUT2D eigenvalue weighted by atomic mass is 10.1. The van der Waals surface area contributed by atoms with Crippen LogP contribution in [0.1, 0.15) is 17.2 Å². The van der Waals surface area contributed by atoms with Gasteiger partial charge in [0.15, 0.2) is 15.9 Å². The van der Waals surface area contributed by atoms with Crippen molar-refractivity contribution in [2.24, 2.45) is 0 Å². The number of hydrogen-bond acceptors (Lipinski definition) is 5. The van der Waals surface area contributed by atoms with Gasteiger partial charge in [0, 0.05) is 0 Å². The van der Waals surface area contributed by atoms with Crippen LogP contribution in [0.2, 0.25) is 0 Å². The van der Waals surface area contributed by atoms with E-state index < -0.39 is 27.6 Å². The number of esters is 1. The molecule has 0 aliphatic heterocycles. The summed E-state index contributed by atoms with van der Waals surface area (Å²) >= 11 is 0. The normalized spacial score (nSPS) is 13.1. The van der Waals surface area contributed by atoms with Gasteiger partial charge in [0.25, 0.3) is 0 Å². The van der Waals surface area contributed by atoms with Gasteiger partial charge in [0.1, 0.15) is 6.33 Å². The molecule has 0 saturated heterocycles. The van der Waals surface area contributed by atoms with E-state index in [0.29, 0.717) is 11.1 Å². The van der Waals surface area contributed by atoms with E-state index in [2.05, 4.69) is 5.32 Å². The van der Waals surface area contributed by atoms with E-state index >= 15 is 0 Å². The number of carbonyl (C=O) groups is 1. The maximum atomic E-state index is 13.3. The Labute approximate surface area is 152 Å². The minimum atomic E-state index is -3.63. The van der Waals surface area contributed by atoms with Crippen LogP contribution >= 0.6 is 0 Å². The molecule has 0 amide bonds. The van der Waals surface area contributed by atoms with Gasteiger partial charge in [0.05, 0.1) is 24.3 Å². The Kier molecular flexibility index (Phi) is 6.91. The molecule has 2 rings (SSSR count). The van der Waals surface area contributed by atoms with Gasteiger partial charge >= 0.3 is 5.97 Å². The van der Waals surface area contributed by atoms with Crippen molar-refractivity contribution in [3.05, 3.63) is 83.8 Å². The van der Waals surface area contributed by atoms with Crippen molar-refractivity contribution in [2.75, 3.05) is 12.9 Å². The van der Waals surface area contributed by atoms with Crippen molar-refractivity contribution in [3.8, 4) is 0 Å². The predicted octanol–water partition coefficient (Wildman–Crippen LogP) is 2.92. The van der Waals surface area contributed by atoms with Crippen LogP contribution in [0.4, 0.5) is 4.39 Å². The quantitative estimate of drug-likeness (QED) is 0.716. The lowest BCUT2D eigenvalue weighted by molar-refractivity contribution is -0.143. The first-order chi connectivity index (χ1) is 12.4. The Morgan fingerprint density at radius 1 is 1.12 bits per heavy atom. The van der Waals surface area contributed by atoms with E-state index in [1.54, 1.807) is 60.7 Å². The molecule has 7 heteroatoms. The van der Waals surface area contributed by atoms with Crippen LogP contribution in [0.3, 0.4) is 0 Å². The fraction of sp³-hybridized carbons (Fsp3) is 0.211. The number of ether oxygens (including phenoxy) is 1. The number of hydrogen-bond donors (Lipinski definition) is 1. The number of carbonyl (C=O) groups excluding carboxylic acids is 1. The highest BCUT2D eigenvalue weighted by Gasteiger charge is 2.24. The summed E-state index contributed by atoms with van der Waals surface area (Å²) in [7, 11) is -2.42. The number of nitrogens with one attached hydrogen (secondary N) is 1. The number of rotatable bonds is 8. The zero-order valence-corrected chi connectivity index (χ0v) is 15.1. The summed E-state index contributed by atoms with van der Waals surface area (Å²) in [6.07, 6.45) is 0.168. The van der Waals surface area contributed by atoms with E-state index in [4.69, 9.17) is 4.74 Å². The molecule has 0 aliphatic rings. The Morgan fingerprint density at radius 3 is 2.23 bits per heavy atom. The average molecular weight is 377 g/mol. The lowest BCUT2D eigenvalue weighted by Crippen LogP contribution is -2.31. The number of sulfone groups is 1. The lowest BCUT2D eigenvalue weighted by Gasteiger charge is -2.19. The molecule has 1 unspecified atom stereocenters. The first-order valence-corrected chi connectivity index (χ1v) is 9.70. The molecule has 1 N–H and O–H groups in total. The summed E-state index contributed by atoms with van der Waals surface area (Å²) in [6, 6.07) is 16.2. The molecule has 26 heavy (non-hydrogen) atoms. The third-order valence-corrected chi connectivity index (χ3v) is 5.16. The SMILES string of the molecule is COC(=O)C(NC(=CF)CS(=O)(=O)Cc1ccccc1)c1ccccc1. The van der Waals surface area contributed by atoms with Gasteiger partial charge in [-0.1, -0.05) is 60.7 Å². The Balaban J connectivity index is 2.15. The van der Waals surface area contributed by atoms with Crippen molar-refractivity contribution in [2.45, 2.75) is 11.8 Å². The summed E-state index contributed by atoms with van der Waals surface area (Å²) in [4.78, 5) is 12.0. The van der Waals surface area contributed by atoms with Crippen LogP contribution in [0.15, 0.2) is 72.7 Å². The Bertz CT molecular complexity index is 852. The molecule has 0 spiro atoms. The van der Waals surface area contributed by atoms with E-state index in [9.17, 15) is 17.6 Å². The second-order valence-electron chi connectivity index (χ2n) is 5.66. The van der Waals surface area contributed by atoms with Crippen LogP contribution < -0.4 is 5.32 Å². The molecule has 0 aromatic heterocycles. The van der Waals surface area contributed by atoms with Crippen LogP contribution in [0.5, 0.6) is 0 Å². The van der Waals surface area contributed by atoms with Crippen molar-refractivity contribution in [3.63, 3.8) is 0 Å². The smallest absolute Gasteiger partial charge is 0.332 e. The average Bonchev–Trinajstić information content (AvgIpc) is 2.65. The number of benzene rings is 2. The fourth-order valence-corrected chi connectivity index (χ4v) is 3.87. The monoisotopic (exact) mass is 377 g/mol. The molecule has 138 valence electrons. The van der Waals surface area contributed by atoms with Crippen LogP contribution in [0.25, 0.3) is 0 Å². The molecule has 0 aliphatic carbocycles. The zero-order valence-electron chi connectivity index (χ0n) is 14.3. The Hall–Kier alpha value is -2.67. The molecule has 0 heterocycles. The second-order valence-corrected chi connectivity index (χ2v) is 7.73. The van der Waals surface area contributed by atoms with Crippen molar-refractivity contribution in [1.82, 2.24) is 5.32 Å². The zero-order chi connectivity index (χ0) is 19.0. The molecule has 0 radical (unpaired) electrons. The standard InChI is InChI=1S/C19H20FNO4S/c1-25-19(22)18(16-10-6-3-7-11-16)21-17(12-20)14-26(23,24)13-15-8-4-2-5-9-15/h2-12,18,21H,13-14H2,1H3. The van der Waals surface area contributed by atoms with Gasteiger partial charge in [-0.2, -0.15) is 0 Å². The summed E-state index contributed by atoms with van der Waals surface area (Å²) in [5.41, 5.74) is 0.942. The van der Waals surface area contributed by atoms with Crippen LogP contribution in [-0.4, -0.2) is 27.2 Å². The maximum Gasteiger partial charge on any atom is 0.332 e. The largest absolute Gasteiger partial charge is 0.467 e. The van der Waals surface area contributed by atoms with E-state index in [0.717, 1.165) is 0 Å².